The van der Waals surface area contributed by atoms with Gasteiger partial charge in [-0.3, -0.25) is 9.78 Å². The standard InChI is InChI=1S/C19H24FN3O/c1-3-19(21,4-2)11-22-18(24)15-10-17(12-5-6-12)23-16-8-7-13(20)9-14(15)16/h7-10,12H,3-6,11,21H2,1-2H3,(H,22,24). The SMILES string of the molecule is CCC(N)(CC)CNC(=O)c1cc(C2CC2)nc2ccc(F)cc12. The molecule has 1 fully saturated rings. The second kappa shape index (κ2) is 6.48. The monoisotopic (exact) mass is 329 g/mol. The average Bonchev–Trinajstić information content (AvgIpc) is 3.43. The Morgan fingerprint density at radius 2 is 2.04 bits per heavy atom. The van der Waals surface area contributed by atoms with Crippen LogP contribution in [0.5, 0.6) is 0 Å². The Bertz CT molecular complexity index is 767. The lowest BCUT2D eigenvalue weighted by atomic mass is 9.94. The summed E-state index contributed by atoms with van der Waals surface area (Å²) in [5, 5.41) is 3.47. The van der Waals surface area contributed by atoms with Crippen LogP contribution in [-0.2, 0) is 0 Å². The quantitative estimate of drug-likeness (QED) is 0.852. The smallest absolute Gasteiger partial charge is 0.252 e. The van der Waals surface area contributed by atoms with E-state index < -0.39 is 5.54 Å². The van der Waals surface area contributed by atoms with Gasteiger partial charge >= 0.3 is 0 Å². The van der Waals surface area contributed by atoms with Gasteiger partial charge in [0.25, 0.3) is 5.91 Å². The van der Waals surface area contributed by atoms with Crippen LogP contribution in [0.2, 0.25) is 0 Å². The van der Waals surface area contributed by atoms with Gasteiger partial charge in [-0.2, -0.15) is 0 Å². The molecule has 5 heteroatoms. The van der Waals surface area contributed by atoms with Crippen LogP contribution >= 0.6 is 0 Å². The maximum Gasteiger partial charge on any atom is 0.252 e. The van der Waals surface area contributed by atoms with Crippen molar-refractivity contribution < 1.29 is 9.18 Å². The summed E-state index contributed by atoms with van der Waals surface area (Å²) in [4.78, 5) is 17.3. The van der Waals surface area contributed by atoms with Gasteiger partial charge in [0.2, 0.25) is 0 Å². The van der Waals surface area contributed by atoms with Crippen molar-refractivity contribution in [2.24, 2.45) is 5.73 Å². The first kappa shape index (κ1) is 16.8. The number of benzene rings is 1. The molecular weight excluding hydrogens is 305 g/mol. The summed E-state index contributed by atoms with van der Waals surface area (Å²) < 4.78 is 13.7. The van der Waals surface area contributed by atoms with Gasteiger partial charge in [0.15, 0.2) is 0 Å². The summed E-state index contributed by atoms with van der Waals surface area (Å²) in [5.41, 5.74) is 7.91. The summed E-state index contributed by atoms with van der Waals surface area (Å²) in [5.74, 6) is -0.162. The van der Waals surface area contributed by atoms with Gasteiger partial charge in [0.1, 0.15) is 5.82 Å². The van der Waals surface area contributed by atoms with Crippen molar-refractivity contribution >= 4 is 16.8 Å². The van der Waals surface area contributed by atoms with E-state index in [2.05, 4.69) is 10.3 Å². The highest BCUT2D eigenvalue weighted by atomic mass is 19.1. The van der Waals surface area contributed by atoms with Gasteiger partial charge in [0.05, 0.1) is 11.1 Å². The number of amides is 1. The molecule has 1 heterocycles. The lowest BCUT2D eigenvalue weighted by Crippen LogP contribution is -2.49. The molecule has 1 saturated carbocycles. The zero-order chi connectivity index (χ0) is 17.3. The second-order valence-corrected chi connectivity index (χ2v) is 6.78. The van der Waals surface area contributed by atoms with Gasteiger partial charge in [-0.05, 0) is 49.9 Å². The number of rotatable bonds is 6. The highest BCUT2D eigenvalue weighted by Crippen LogP contribution is 2.40. The van der Waals surface area contributed by atoms with Crippen LogP contribution in [0.4, 0.5) is 4.39 Å². The Morgan fingerprint density at radius 1 is 1.33 bits per heavy atom. The molecule has 0 aliphatic heterocycles. The minimum absolute atomic E-state index is 0.216. The molecule has 1 amide bonds. The fourth-order valence-electron chi connectivity index (χ4n) is 2.85. The molecule has 3 rings (SSSR count). The number of halogens is 1. The predicted octanol–water partition coefficient (Wildman–Crippen LogP) is 3.50. The summed E-state index contributed by atoms with van der Waals surface area (Å²) in [6.07, 6.45) is 3.75. The number of hydrogen-bond donors (Lipinski definition) is 2. The van der Waals surface area contributed by atoms with Crippen LogP contribution in [-0.4, -0.2) is 23.0 Å². The van der Waals surface area contributed by atoms with Gasteiger partial charge in [-0.1, -0.05) is 13.8 Å². The van der Waals surface area contributed by atoms with Crippen molar-refractivity contribution in [3.63, 3.8) is 0 Å². The summed E-state index contributed by atoms with van der Waals surface area (Å²) in [6, 6.07) is 6.21. The Kier molecular flexibility index (Phi) is 4.54. The topological polar surface area (TPSA) is 68.0 Å². The molecule has 1 aliphatic carbocycles. The minimum atomic E-state index is -0.414. The predicted molar refractivity (Wildman–Crippen MR) is 93.5 cm³/mol. The number of fused-ring (bicyclic) bond motifs is 1. The molecule has 2 aromatic rings. The van der Waals surface area contributed by atoms with Crippen molar-refractivity contribution in [3.05, 3.63) is 41.3 Å². The Hall–Kier alpha value is -2.01. The van der Waals surface area contributed by atoms with Crippen LogP contribution in [0.15, 0.2) is 24.3 Å². The zero-order valence-corrected chi connectivity index (χ0v) is 14.2. The molecule has 1 aromatic heterocycles. The van der Waals surface area contributed by atoms with Gasteiger partial charge in [-0.25, -0.2) is 4.39 Å². The number of carbonyl (C=O) groups excluding carboxylic acids is 1. The van der Waals surface area contributed by atoms with E-state index in [-0.39, 0.29) is 11.7 Å². The van der Waals surface area contributed by atoms with E-state index in [0.717, 1.165) is 31.4 Å². The molecule has 0 spiro atoms. The molecule has 1 aromatic carbocycles. The summed E-state index contributed by atoms with van der Waals surface area (Å²) in [7, 11) is 0. The first-order chi connectivity index (χ1) is 11.5. The van der Waals surface area contributed by atoms with E-state index in [4.69, 9.17) is 5.73 Å². The Labute approximate surface area is 141 Å². The number of aromatic nitrogens is 1. The van der Waals surface area contributed by atoms with Crippen LogP contribution in [0.3, 0.4) is 0 Å². The summed E-state index contributed by atoms with van der Waals surface area (Å²) in [6.45, 7) is 4.42. The molecule has 128 valence electrons. The largest absolute Gasteiger partial charge is 0.350 e. The number of pyridine rings is 1. The Morgan fingerprint density at radius 3 is 2.67 bits per heavy atom. The maximum atomic E-state index is 13.7. The second-order valence-electron chi connectivity index (χ2n) is 6.78. The van der Waals surface area contributed by atoms with Crippen LogP contribution in [0, 0.1) is 5.82 Å². The van der Waals surface area contributed by atoms with Crippen LogP contribution in [0.1, 0.15) is 61.5 Å². The first-order valence-corrected chi connectivity index (χ1v) is 8.63. The highest BCUT2D eigenvalue weighted by molar-refractivity contribution is 6.06. The molecule has 4 nitrogen and oxygen atoms in total. The first-order valence-electron chi connectivity index (χ1n) is 8.63. The van der Waals surface area contributed by atoms with Crippen molar-refractivity contribution in [2.75, 3.05) is 6.54 Å². The minimum Gasteiger partial charge on any atom is -0.350 e. The fraction of sp³-hybridized carbons (Fsp3) is 0.474. The van der Waals surface area contributed by atoms with Crippen molar-refractivity contribution in [3.8, 4) is 0 Å². The number of nitrogens with zero attached hydrogens (tertiary/aromatic N) is 1. The maximum absolute atomic E-state index is 13.7. The molecule has 0 radical (unpaired) electrons. The lowest BCUT2D eigenvalue weighted by Gasteiger charge is -2.27. The van der Waals surface area contributed by atoms with E-state index in [0.29, 0.717) is 28.9 Å². The van der Waals surface area contributed by atoms with Crippen LogP contribution in [0.25, 0.3) is 10.9 Å². The van der Waals surface area contributed by atoms with Crippen molar-refractivity contribution in [1.82, 2.24) is 10.3 Å². The molecule has 0 bridgehead atoms. The molecule has 0 saturated heterocycles. The van der Waals surface area contributed by atoms with E-state index in [1.807, 2.05) is 19.9 Å². The van der Waals surface area contributed by atoms with Gasteiger partial charge in [-0.15, -0.1) is 0 Å². The van der Waals surface area contributed by atoms with E-state index in [9.17, 15) is 9.18 Å². The van der Waals surface area contributed by atoms with Crippen molar-refractivity contribution in [1.29, 1.82) is 0 Å². The number of hydrogen-bond acceptors (Lipinski definition) is 3. The van der Waals surface area contributed by atoms with E-state index in [1.54, 1.807) is 6.07 Å². The van der Waals surface area contributed by atoms with Gasteiger partial charge < -0.3 is 11.1 Å². The number of nitrogens with two attached hydrogens (primary N) is 1. The molecule has 24 heavy (non-hydrogen) atoms. The third-order valence-corrected chi connectivity index (χ3v) is 5.04. The highest BCUT2D eigenvalue weighted by Gasteiger charge is 2.27. The normalized spacial score (nSPS) is 14.8. The van der Waals surface area contributed by atoms with Crippen LogP contribution < -0.4 is 11.1 Å². The molecule has 3 N–H and O–H groups in total. The molecule has 1 aliphatic rings. The molecular formula is C19H24FN3O. The lowest BCUT2D eigenvalue weighted by molar-refractivity contribution is 0.0943. The third kappa shape index (κ3) is 3.41. The average molecular weight is 329 g/mol. The number of nitrogens with one attached hydrogen (secondary N) is 1. The third-order valence-electron chi connectivity index (χ3n) is 5.04. The summed E-state index contributed by atoms with van der Waals surface area (Å²) >= 11 is 0. The molecule has 0 unspecified atom stereocenters. The van der Waals surface area contributed by atoms with E-state index >= 15 is 0 Å². The number of carbonyl (C=O) groups is 1. The van der Waals surface area contributed by atoms with Crippen molar-refractivity contribution in [2.45, 2.75) is 51.0 Å². The molecule has 0 atom stereocenters. The van der Waals surface area contributed by atoms with Gasteiger partial charge in [0, 0.05) is 29.1 Å². The fourth-order valence-corrected chi connectivity index (χ4v) is 2.85. The Balaban J connectivity index is 1.94. The van der Waals surface area contributed by atoms with E-state index in [1.165, 1.54) is 12.1 Å². The zero-order valence-electron chi connectivity index (χ0n) is 14.2.